The number of para-hydroxylation sites is 1. The molecule has 0 aliphatic carbocycles. The monoisotopic (exact) mass is 524 g/mol. The van der Waals surface area contributed by atoms with Crippen LogP contribution in [0.4, 0.5) is 10.1 Å². The van der Waals surface area contributed by atoms with Crippen LogP contribution in [0.15, 0.2) is 109 Å². The Kier molecular flexibility index (Phi) is 7.24. The number of anilines is 1. The van der Waals surface area contributed by atoms with E-state index in [1.807, 2.05) is 30.3 Å². The minimum atomic E-state index is -0.572. The third-order valence-electron chi connectivity index (χ3n) is 5.69. The molecule has 4 aromatic rings. The number of carbonyl (C=O) groups is 2. The van der Waals surface area contributed by atoms with Crippen LogP contribution in [0.2, 0.25) is 0 Å². The van der Waals surface area contributed by atoms with Gasteiger partial charge < -0.3 is 9.47 Å². The van der Waals surface area contributed by atoms with Gasteiger partial charge in [0.25, 0.3) is 11.8 Å². The average molecular weight is 525 g/mol. The van der Waals surface area contributed by atoms with Crippen LogP contribution in [0.5, 0.6) is 17.2 Å². The van der Waals surface area contributed by atoms with E-state index in [1.165, 1.54) is 23.1 Å². The van der Waals surface area contributed by atoms with Gasteiger partial charge in [-0.05, 0) is 90.1 Å². The molecule has 0 bridgehead atoms. The molecule has 1 aliphatic rings. The van der Waals surface area contributed by atoms with Crippen molar-refractivity contribution in [3.05, 3.63) is 126 Å². The van der Waals surface area contributed by atoms with Crippen LogP contribution in [-0.2, 0) is 16.2 Å². The van der Waals surface area contributed by atoms with E-state index in [9.17, 15) is 14.0 Å². The van der Waals surface area contributed by atoms with Crippen molar-refractivity contribution in [2.24, 2.45) is 0 Å². The number of halogens is 1. The average Bonchev–Trinajstić information content (AvgIpc) is 2.93. The molecule has 4 aromatic carbocycles. The fourth-order valence-corrected chi connectivity index (χ4v) is 4.04. The first-order chi connectivity index (χ1) is 18.5. The van der Waals surface area contributed by atoms with E-state index in [-0.39, 0.29) is 23.1 Å². The van der Waals surface area contributed by atoms with E-state index >= 15 is 0 Å². The Morgan fingerprint density at radius 1 is 0.789 bits per heavy atom. The standard InChI is InChI=1S/C30H21FN2O4S/c31-22-10-6-21(7-11-22)19-36-24-14-8-20(9-15-24)18-27-28(34)32-30(38)33(29(27)35)23-12-16-26(17-13-23)37-25-4-2-1-3-5-25/h1-18H,19H2,(H,32,34,38)/b27-18+. The molecule has 38 heavy (non-hydrogen) atoms. The van der Waals surface area contributed by atoms with Gasteiger partial charge in [0.05, 0.1) is 5.69 Å². The van der Waals surface area contributed by atoms with Crippen LogP contribution < -0.4 is 19.7 Å². The molecule has 2 amide bonds. The number of nitrogens with zero attached hydrogens (tertiary/aromatic N) is 1. The lowest BCUT2D eigenvalue weighted by Crippen LogP contribution is -2.54. The van der Waals surface area contributed by atoms with E-state index in [1.54, 1.807) is 60.7 Å². The van der Waals surface area contributed by atoms with E-state index in [0.29, 0.717) is 28.5 Å². The van der Waals surface area contributed by atoms with E-state index in [4.69, 9.17) is 21.7 Å². The van der Waals surface area contributed by atoms with Crippen molar-refractivity contribution in [1.82, 2.24) is 5.32 Å². The third kappa shape index (κ3) is 5.77. The highest BCUT2D eigenvalue weighted by molar-refractivity contribution is 7.80. The molecule has 0 saturated carbocycles. The van der Waals surface area contributed by atoms with E-state index in [0.717, 1.165) is 5.56 Å². The minimum absolute atomic E-state index is 0.00146. The first kappa shape index (κ1) is 24.9. The quantitative estimate of drug-likeness (QED) is 0.182. The van der Waals surface area contributed by atoms with E-state index in [2.05, 4.69) is 5.32 Å². The maximum atomic E-state index is 13.3. The van der Waals surface area contributed by atoms with Gasteiger partial charge in [0.15, 0.2) is 5.11 Å². The molecule has 5 rings (SSSR count). The number of amides is 2. The normalized spacial score (nSPS) is 14.4. The molecule has 1 saturated heterocycles. The maximum Gasteiger partial charge on any atom is 0.270 e. The number of thiocarbonyl (C=S) groups is 1. The topological polar surface area (TPSA) is 67.9 Å². The molecule has 0 spiro atoms. The lowest BCUT2D eigenvalue weighted by atomic mass is 10.1. The van der Waals surface area contributed by atoms with Crippen molar-refractivity contribution in [2.75, 3.05) is 4.90 Å². The van der Waals surface area contributed by atoms with Crippen LogP contribution in [0.1, 0.15) is 11.1 Å². The minimum Gasteiger partial charge on any atom is -0.489 e. The number of hydrogen-bond acceptors (Lipinski definition) is 5. The Morgan fingerprint density at radius 3 is 2.11 bits per heavy atom. The molecule has 8 heteroatoms. The van der Waals surface area contributed by atoms with Gasteiger partial charge in [-0.2, -0.15) is 0 Å². The van der Waals surface area contributed by atoms with Gasteiger partial charge in [0.1, 0.15) is 35.2 Å². The fourth-order valence-electron chi connectivity index (χ4n) is 3.75. The van der Waals surface area contributed by atoms with Gasteiger partial charge in [-0.25, -0.2) is 4.39 Å². The van der Waals surface area contributed by atoms with Crippen LogP contribution in [0.25, 0.3) is 6.08 Å². The van der Waals surface area contributed by atoms with Crippen LogP contribution in [0.3, 0.4) is 0 Å². The van der Waals surface area contributed by atoms with Gasteiger partial charge in [-0.15, -0.1) is 0 Å². The lowest BCUT2D eigenvalue weighted by molar-refractivity contribution is -0.122. The second kappa shape index (κ2) is 11.1. The Bertz CT molecular complexity index is 1500. The number of hydrogen-bond donors (Lipinski definition) is 1. The third-order valence-corrected chi connectivity index (χ3v) is 5.97. The predicted octanol–water partition coefficient (Wildman–Crippen LogP) is 6.03. The Morgan fingerprint density at radius 2 is 1.42 bits per heavy atom. The second-order valence-corrected chi connectivity index (χ2v) is 8.74. The first-order valence-corrected chi connectivity index (χ1v) is 12.1. The molecule has 188 valence electrons. The van der Waals surface area contributed by atoms with Crippen LogP contribution in [0, 0.1) is 5.82 Å². The molecule has 1 N–H and O–H groups in total. The fraction of sp³-hybridized carbons (Fsp3) is 0.0333. The van der Waals surface area contributed by atoms with Crippen LogP contribution in [-0.4, -0.2) is 16.9 Å². The number of benzene rings is 4. The number of nitrogens with one attached hydrogen (secondary N) is 1. The lowest BCUT2D eigenvalue weighted by Gasteiger charge is -2.29. The number of ether oxygens (including phenoxy) is 2. The zero-order chi connectivity index (χ0) is 26.5. The van der Waals surface area contributed by atoms with Gasteiger partial charge in [0, 0.05) is 0 Å². The molecule has 0 unspecified atom stereocenters. The Balaban J connectivity index is 1.29. The summed E-state index contributed by atoms with van der Waals surface area (Å²) in [6.07, 6.45) is 1.50. The summed E-state index contributed by atoms with van der Waals surface area (Å²) in [5, 5.41) is 2.58. The van der Waals surface area contributed by atoms with Gasteiger partial charge in [-0.1, -0.05) is 42.5 Å². The largest absolute Gasteiger partial charge is 0.489 e. The molecule has 0 aromatic heterocycles. The highest BCUT2D eigenvalue weighted by Gasteiger charge is 2.34. The summed E-state index contributed by atoms with van der Waals surface area (Å²) in [6.45, 7) is 0.281. The molecule has 0 atom stereocenters. The van der Waals surface area contributed by atoms with Gasteiger partial charge in [-0.3, -0.25) is 19.8 Å². The highest BCUT2D eigenvalue weighted by Crippen LogP contribution is 2.27. The summed E-state index contributed by atoms with van der Waals surface area (Å²) in [4.78, 5) is 27.2. The second-order valence-electron chi connectivity index (χ2n) is 8.35. The van der Waals surface area contributed by atoms with Crippen LogP contribution >= 0.6 is 12.2 Å². The highest BCUT2D eigenvalue weighted by atomic mass is 32.1. The molecular weight excluding hydrogens is 503 g/mol. The van der Waals surface area contributed by atoms with Crippen molar-refractivity contribution in [2.45, 2.75) is 6.61 Å². The summed E-state index contributed by atoms with van der Waals surface area (Å²) in [5.41, 5.74) is 1.91. The smallest absolute Gasteiger partial charge is 0.270 e. The summed E-state index contributed by atoms with van der Waals surface area (Å²) >= 11 is 5.29. The van der Waals surface area contributed by atoms with Gasteiger partial charge >= 0.3 is 0 Å². The zero-order valence-electron chi connectivity index (χ0n) is 20.0. The molecule has 6 nitrogen and oxygen atoms in total. The van der Waals surface area contributed by atoms with Crippen molar-refractivity contribution in [3.8, 4) is 17.2 Å². The molecule has 1 fully saturated rings. The van der Waals surface area contributed by atoms with Crippen molar-refractivity contribution >= 4 is 40.9 Å². The predicted molar refractivity (Wildman–Crippen MR) is 146 cm³/mol. The maximum absolute atomic E-state index is 13.3. The summed E-state index contributed by atoms with van der Waals surface area (Å²) < 4.78 is 24.6. The molecule has 0 radical (unpaired) electrons. The SMILES string of the molecule is O=C1NC(=S)N(c2ccc(Oc3ccccc3)cc2)C(=O)/C1=C/c1ccc(OCc2ccc(F)cc2)cc1. The number of carbonyl (C=O) groups excluding carboxylic acids is 2. The van der Waals surface area contributed by atoms with Crippen molar-refractivity contribution in [1.29, 1.82) is 0 Å². The van der Waals surface area contributed by atoms with Crippen molar-refractivity contribution < 1.29 is 23.5 Å². The Hall–Kier alpha value is -4.82. The van der Waals surface area contributed by atoms with E-state index < -0.39 is 11.8 Å². The Labute approximate surface area is 223 Å². The summed E-state index contributed by atoms with van der Waals surface area (Å²) in [6, 6.07) is 29.2. The zero-order valence-corrected chi connectivity index (χ0v) is 20.8. The summed E-state index contributed by atoms with van der Waals surface area (Å²) in [7, 11) is 0. The first-order valence-electron chi connectivity index (χ1n) is 11.7. The van der Waals surface area contributed by atoms with Gasteiger partial charge in [0.2, 0.25) is 0 Å². The molecule has 1 aliphatic heterocycles. The van der Waals surface area contributed by atoms with Crippen molar-refractivity contribution in [3.63, 3.8) is 0 Å². The molecule has 1 heterocycles. The molecular formula is C30H21FN2O4S. The number of rotatable bonds is 7. The summed E-state index contributed by atoms with van der Waals surface area (Å²) in [5.74, 6) is 0.465.